The van der Waals surface area contributed by atoms with Crippen molar-refractivity contribution >= 4 is 5.71 Å². The maximum Gasteiger partial charge on any atom is 0.0652 e. The highest BCUT2D eigenvalue weighted by Crippen LogP contribution is 1.95. The molecule has 2 nitrogen and oxygen atoms in total. The van der Waals surface area contributed by atoms with Crippen LogP contribution in [0.3, 0.4) is 0 Å². The number of nitrogens with zero attached hydrogens (tertiary/aromatic N) is 1. The van der Waals surface area contributed by atoms with Crippen LogP contribution in [-0.2, 0) is 0 Å². The molecule has 0 bridgehead atoms. The van der Waals surface area contributed by atoms with E-state index in [-0.39, 0.29) is 0 Å². The van der Waals surface area contributed by atoms with E-state index in [1.54, 1.807) is 12.3 Å². The third kappa shape index (κ3) is 1.19. The highest BCUT2D eigenvalue weighted by molar-refractivity contribution is 5.99. The van der Waals surface area contributed by atoms with Crippen molar-refractivity contribution < 1.29 is 0 Å². The van der Waals surface area contributed by atoms with Gasteiger partial charge in [-0.2, -0.15) is 0 Å². The van der Waals surface area contributed by atoms with Crippen molar-refractivity contribution in [3.05, 3.63) is 25.1 Å². The van der Waals surface area contributed by atoms with Crippen LogP contribution in [0.1, 0.15) is 6.92 Å². The second kappa shape index (κ2) is 2.49. The maximum absolute atomic E-state index is 4.08. The van der Waals surface area contributed by atoms with Crippen molar-refractivity contribution in [1.82, 2.24) is 5.32 Å². The monoisotopic (exact) mass is 122 g/mol. The van der Waals surface area contributed by atoms with Crippen LogP contribution in [0.25, 0.3) is 0 Å². The molecule has 0 radical (unpaired) electrons. The van der Waals surface area contributed by atoms with Crippen molar-refractivity contribution in [2.45, 2.75) is 13.0 Å². The molecule has 1 aliphatic heterocycles. The van der Waals surface area contributed by atoms with Crippen LogP contribution in [0, 0.1) is 0 Å². The van der Waals surface area contributed by atoms with Gasteiger partial charge in [-0.05, 0) is 13.0 Å². The van der Waals surface area contributed by atoms with Gasteiger partial charge in [-0.3, -0.25) is 4.99 Å². The molecule has 1 heterocycles. The summed E-state index contributed by atoms with van der Waals surface area (Å²) in [5, 5.41) is 3.10. The predicted molar refractivity (Wildman–Crippen MR) is 39.4 cm³/mol. The molecule has 2 heteroatoms. The molecule has 0 spiro atoms. The quantitative estimate of drug-likeness (QED) is 0.553. The average molecular weight is 122 g/mol. The number of aliphatic imine (C=N–C) groups is 1. The molecule has 1 aliphatic rings. The summed E-state index contributed by atoms with van der Waals surface area (Å²) in [4.78, 5) is 4.08. The van der Waals surface area contributed by atoms with Gasteiger partial charge in [0.1, 0.15) is 0 Å². The molecule has 0 fully saturated rings. The Kier molecular flexibility index (Phi) is 1.68. The first-order chi connectivity index (χ1) is 4.34. The van der Waals surface area contributed by atoms with Crippen molar-refractivity contribution in [2.75, 3.05) is 0 Å². The van der Waals surface area contributed by atoms with Gasteiger partial charge in [0.2, 0.25) is 0 Å². The van der Waals surface area contributed by atoms with E-state index in [9.17, 15) is 0 Å². The summed E-state index contributed by atoms with van der Waals surface area (Å²) in [5.41, 5.74) is 0.998. The summed E-state index contributed by atoms with van der Waals surface area (Å²) >= 11 is 0. The van der Waals surface area contributed by atoms with Crippen molar-refractivity contribution in [3.8, 4) is 0 Å². The Bertz CT molecular complexity index is 168. The van der Waals surface area contributed by atoms with E-state index in [0.29, 0.717) is 6.04 Å². The highest BCUT2D eigenvalue weighted by Gasteiger charge is 2.05. The van der Waals surface area contributed by atoms with E-state index < -0.39 is 0 Å². The molecule has 1 atom stereocenters. The lowest BCUT2D eigenvalue weighted by atomic mass is 10.2. The summed E-state index contributed by atoms with van der Waals surface area (Å²) in [6.45, 7) is 5.68. The highest BCUT2D eigenvalue weighted by atomic mass is 15.0. The second-order valence-electron chi connectivity index (χ2n) is 1.96. The minimum atomic E-state index is 0.312. The normalized spacial score (nSPS) is 24.6. The fourth-order valence-electron chi connectivity index (χ4n) is 0.737. The molecule has 0 amide bonds. The fourth-order valence-corrected chi connectivity index (χ4v) is 0.737. The molecule has 1 unspecified atom stereocenters. The molecule has 0 aromatic rings. The van der Waals surface area contributed by atoms with Gasteiger partial charge in [-0.15, -0.1) is 0 Å². The Morgan fingerprint density at radius 3 is 3.11 bits per heavy atom. The van der Waals surface area contributed by atoms with Gasteiger partial charge in [-0.1, -0.05) is 6.58 Å². The van der Waals surface area contributed by atoms with Crippen LogP contribution in [0.15, 0.2) is 30.0 Å². The van der Waals surface area contributed by atoms with Crippen molar-refractivity contribution in [3.63, 3.8) is 0 Å². The Balaban J connectivity index is 2.74. The van der Waals surface area contributed by atoms with Gasteiger partial charge < -0.3 is 5.32 Å². The smallest absolute Gasteiger partial charge is 0.0652 e. The van der Waals surface area contributed by atoms with E-state index in [4.69, 9.17) is 0 Å². The maximum atomic E-state index is 4.08. The zero-order valence-electron chi connectivity index (χ0n) is 5.46. The number of hydrogen-bond donors (Lipinski definition) is 1. The van der Waals surface area contributed by atoms with Crippen LogP contribution in [0.4, 0.5) is 0 Å². The third-order valence-corrected chi connectivity index (χ3v) is 1.30. The molecule has 0 aromatic carbocycles. The first-order valence-electron chi connectivity index (χ1n) is 2.96. The summed E-state index contributed by atoms with van der Waals surface area (Å²) in [6.07, 6.45) is 5.33. The molecule has 0 saturated carbocycles. The van der Waals surface area contributed by atoms with Gasteiger partial charge >= 0.3 is 0 Å². The average Bonchev–Trinajstić information content (AvgIpc) is 1.89. The van der Waals surface area contributed by atoms with Crippen LogP contribution in [-0.4, -0.2) is 11.8 Å². The first-order valence-corrected chi connectivity index (χ1v) is 2.96. The summed E-state index contributed by atoms with van der Waals surface area (Å²) in [5.74, 6) is 0. The fraction of sp³-hybridized carbons (Fsp3) is 0.286. The first kappa shape index (κ1) is 6.08. The molecule has 9 heavy (non-hydrogen) atoms. The predicted octanol–water partition coefficient (Wildman–Crippen LogP) is 1.08. The number of hydrogen-bond acceptors (Lipinski definition) is 2. The Morgan fingerprint density at radius 1 is 1.89 bits per heavy atom. The molecular formula is C7H10N2. The molecule has 1 N–H and O–H groups in total. The third-order valence-electron chi connectivity index (χ3n) is 1.30. The van der Waals surface area contributed by atoms with Crippen LogP contribution >= 0.6 is 0 Å². The standard InChI is InChI=1S/C7H10N2/c1-3-7-6(2)8-4-5-9-7/h3-6,8H,1H2,2H3. The summed E-state index contributed by atoms with van der Waals surface area (Å²) in [6, 6.07) is 0.312. The van der Waals surface area contributed by atoms with Gasteiger partial charge in [0.05, 0.1) is 11.8 Å². The van der Waals surface area contributed by atoms with E-state index in [1.807, 2.05) is 13.1 Å². The SMILES string of the molecule is C=CC1=NC=CNC1C. The number of rotatable bonds is 1. The van der Waals surface area contributed by atoms with Gasteiger partial charge in [0.15, 0.2) is 0 Å². The molecular weight excluding hydrogens is 112 g/mol. The van der Waals surface area contributed by atoms with Gasteiger partial charge in [0, 0.05) is 12.4 Å². The summed E-state index contributed by atoms with van der Waals surface area (Å²) in [7, 11) is 0. The molecule has 48 valence electrons. The molecule has 0 aromatic heterocycles. The lowest BCUT2D eigenvalue weighted by molar-refractivity contribution is 0.794. The zero-order chi connectivity index (χ0) is 6.69. The topological polar surface area (TPSA) is 24.4 Å². The summed E-state index contributed by atoms with van der Waals surface area (Å²) < 4.78 is 0. The largest absolute Gasteiger partial charge is 0.382 e. The Morgan fingerprint density at radius 2 is 2.67 bits per heavy atom. The molecule has 0 saturated heterocycles. The van der Waals surface area contributed by atoms with Crippen LogP contribution < -0.4 is 5.32 Å². The van der Waals surface area contributed by atoms with E-state index >= 15 is 0 Å². The van der Waals surface area contributed by atoms with Gasteiger partial charge in [0.25, 0.3) is 0 Å². The molecule has 0 aliphatic carbocycles. The Hall–Kier alpha value is -1.05. The minimum absolute atomic E-state index is 0.312. The van der Waals surface area contributed by atoms with Crippen molar-refractivity contribution in [2.24, 2.45) is 4.99 Å². The Labute approximate surface area is 55.0 Å². The lowest BCUT2D eigenvalue weighted by Crippen LogP contribution is -2.30. The molecule has 1 rings (SSSR count). The van der Waals surface area contributed by atoms with E-state index in [0.717, 1.165) is 5.71 Å². The lowest BCUT2D eigenvalue weighted by Gasteiger charge is -2.13. The zero-order valence-corrected chi connectivity index (χ0v) is 5.46. The van der Waals surface area contributed by atoms with E-state index in [2.05, 4.69) is 16.9 Å². The van der Waals surface area contributed by atoms with Gasteiger partial charge in [-0.25, -0.2) is 0 Å². The number of nitrogens with one attached hydrogen (secondary N) is 1. The van der Waals surface area contributed by atoms with Crippen LogP contribution in [0.2, 0.25) is 0 Å². The van der Waals surface area contributed by atoms with E-state index in [1.165, 1.54) is 0 Å². The minimum Gasteiger partial charge on any atom is -0.382 e. The second-order valence-corrected chi connectivity index (χ2v) is 1.96. The van der Waals surface area contributed by atoms with Crippen molar-refractivity contribution in [1.29, 1.82) is 0 Å². The van der Waals surface area contributed by atoms with Crippen LogP contribution in [0.5, 0.6) is 0 Å².